The molecule has 4 rings (SSSR count). The summed E-state index contributed by atoms with van der Waals surface area (Å²) in [7, 11) is 3.32. The van der Waals surface area contributed by atoms with Gasteiger partial charge in [-0.15, -0.1) is 0 Å². The van der Waals surface area contributed by atoms with E-state index in [9.17, 15) is 14.4 Å². The van der Waals surface area contributed by atoms with E-state index in [-0.39, 0.29) is 35.6 Å². The van der Waals surface area contributed by atoms with E-state index in [1.165, 1.54) is 13.3 Å². The van der Waals surface area contributed by atoms with Crippen molar-refractivity contribution in [3.05, 3.63) is 94.7 Å². The van der Waals surface area contributed by atoms with Crippen LogP contribution in [-0.4, -0.2) is 95.8 Å². The molecule has 0 spiro atoms. The van der Waals surface area contributed by atoms with E-state index in [0.717, 1.165) is 36.3 Å². The smallest absolute Gasteiger partial charge is 0.262 e. The third-order valence-electron chi connectivity index (χ3n) is 9.00. The van der Waals surface area contributed by atoms with Crippen molar-refractivity contribution in [3.8, 4) is 17.4 Å². The number of ether oxygens (including phenoxy) is 2. The van der Waals surface area contributed by atoms with Crippen LogP contribution in [0.2, 0.25) is 0 Å². The van der Waals surface area contributed by atoms with E-state index in [1.54, 1.807) is 59.3 Å². The molecule has 0 bridgehead atoms. The average molecular weight is 710 g/mol. The summed E-state index contributed by atoms with van der Waals surface area (Å²) in [6, 6.07) is 18.1. The molecule has 3 aromatic carbocycles. The SMILES string of the molecule is CCN(CC)CCN(C)C(=O)c1ccc(Nc2ncc(C(=O)Nc3c(C)cccc3C)c(Oc3ccc(CC(=O)N(CC)CC)cc3OC)n2)cc1. The summed E-state index contributed by atoms with van der Waals surface area (Å²) in [5.74, 6) is 0.344. The third-order valence-corrected chi connectivity index (χ3v) is 9.00. The molecule has 1 aromatic heterocycles. The number of rotatable bonds is 17. The Morgan fingerprint density at radius 1 is 0.827 bits per heavy atom. The Hall–Kier alpha value is -5.49. The number of nitrogens with zero attached hydrogens (tertiary/aromatic N) is 5. The number of hydrogen-bond donors (Lipinski definition) is 2. The molecule has 276 valence electrons. The summed E-state index contributed by atoms with van der Waals surface area (Å²) in [6.07, 6.45) is 1.61. The summed E-state index contributed by atoms with van der Waals surface area (Å²) in [4.78, 5) is 54.4. The topological polar surface area (TPSA) is 129 Å². The van der Waals surface area contributed by atoms with Crippen LogP contribution in [0.25, 0.3) is 0 Å². The Kier molecular flexibility index (Phi) is 14.1. The molecule has 0 saturated heterocycles. The Bertz CT molecular complexity index is 1820. The maximum atomic E-state index is 13.7. The van der Waals surface area contributed by atoms with Gasteiger partial charge in [0.25, 0.3) is 11.8 Å². The van der Waals surface area contributed by atoms with Crippen molar-refractivity contribution in [3.63, 3.8) is 0 Å². The van der Waals surface area contributed by atoms with Crippen LogP contribution >= 0.6 is 0 Å². The van der Waals surface area contributed by atoms with Gasteiger partial charge >= 0.3 is 0 Å². The molecule has 12 heteroatoms. The molecule has 4 aromatic rings. The number of amides is 3. The monoisotopic (exact) mass is 709 g/mol. The number of methoxy groups -OCH3 is 1. The Labute approximate surface area is 307 Å². The normalized spacial score (nSPS) is 10.9. The molecule has 2 N–H and O–H groups in total. The first-order valence-electron chi connectivity index (χ1n) is 17.7. The minimum Gasteiger partial charge on any atom is -0.493 e. The first kappa shape index (κ1) is 39.3. The number of para-hydroxylation sites is 1. The number of carbonyl (C=O) groups is 3. The fraction of sp³-hybridized carbons (Fsp3) is 0.375. The summed E-state index contributed by atoms with van der Waals surface area (Å²) in [5.41, 5.74) is 4.56. The molecule has 0 aliphatic carbocycles. The van der Waals surface area contributed by atoms with Crippen LogP contribution in [0.1, 0.15) is 65.1 Å². The molecule has 0 atom stereocenters. The van der Waals surface area contributed by atoms with Crippen molar-refractivity contribution in [2.24, 2.45) is 0 Å². The van der Waals surface area contributed by atoms with Gasteiger partial charge in [-0.3, -0.25) is 14.4 Å². The van der Waals surface area contributed by atoms with Crippen LogP contribution in [0.4, 0.5) is 17.3 Å². The van der Waals surface area contributed by atoms with Gasteiger partial charge in [0.05, 0.1) is 13.5 Å². The Morgan fingerprint density at radius 3 is 2.12 bits per heavy atom. The number of benzene rings is 3. The molecule has 52 heavy (non-hydrogen) atoms. The number of carbonyl (C=O) groups excluding carboxylic acids is 3. The van der Waals surface area contributed by atoms with Gasteiger partial charge in [0, 0.05) is 56.4 Å². The summed E-state index contributed by atoms with van der Waals surface area (Å²) in [5, 5.41) is 6.14. The number of nitrogens with one attached hydrogen (secondary N) is 2. The zero-order valence-corrected chi connectivity index (χ0v) is 31.6. The van der Waals surface area contributed by atoms with Gasteiger partial charge in [0.1, 0.15) is 5.56 Å². The average Bonchev–Trinajstić information content (AvgIpc) is 3.14. The fourth-order valence-corrected chi connectivity index (χ4v) is 5.70. The number of likely N-dealkylation sites (N-methyl/N-ethyl adjacent to an activating group) is 3. The first-order valence-corrected chi connectivity index (χ1v) is 17.7. The van der Waals surface area contributed by atoms with Crippen molar-refractivity contribution in [1.82, 2.24) is 24.7 Å². The van der Waals surface area contributed by atoms with Crippen LogP contribution in [-0.2, 0) is 11.2 Å². The van der Waals surface area contributed by atoms with Gasteiger partial charge in [0.15, 0.2) is 11.5 Å². The summed E-state index contributed by atoms with van der Waals surface area (Å²) in [6.45, 7) is 16.5. The van der Waals surface area contributed by atoms with E-state index < -0.39 is 5.91 Å². The lowest BCUT2D eigenvalue weighted by Crippen LogP contribution is -2.36. The molecule has 0 saturated carbocycles. The lowest BCUT2D eigenvalue weighted by molar-refractivity contribution is -0.130. The molecular weight excluding hydrogens is 658 g/mol. The van der Waals surface area contributed by atoms with E-state index >= 15 is 0 Å². The van der Waals surface area contributed by atoms with Gasteiger partial charge < -0.3 is 34.8 Å². The second kappa shape index (κ2) is 18.7. The second-order valence-corrected chi connectivity index (χ2v) is 12.4. The quantitative estimate of drug-likeness (QED) is 0.123. The van der Waals surface area contributed by atoms with Crippen LogP contribution in [0.5, 0.6) is 17.4 Å². The fourth-order valence-electron chi connectivity index (χ4n) is 5.70. The van der Waals surface area contributed by atoms with Crippen molar-refractivity contribution in [2.45, 2.75) is 48.0 Å². The third kappa shape index (κ3) is 10.1. The molecular formula is C40H51N7O5. The highest BCUT2D eigenvalue weighted by atomic mass is 16.5. The molecule has 0 unspecified atom stereocenters. The summed E-state index contributed by atoms with van der Waals surface area (Å²) >= 11 is 0. The Balaban J connectivity index is 1.61. The number of aromatic nitrogens is 2. The predicted octanol–water partition coefficient (Wildman–Crippen LogP) is 6.71. The van der Waals surface area contributed by atoms with E-state index in [1.807, 2.05) is 45.9 Å². The van der Waals surface area contributed by atoms with Crippen molar-refractivity contribution in [1.29, 1.82) is 0 Å². The summed E-state index contributed by atoms with van der Waals surface area (Å²) < 4.78 is 11.9. The van der Waals surface area contributed by atoms with E-state index in [4.69, 9.17) is 9.47 Å². The maximum Gasteiger partial charge on any atom is 0.262 e. The number of anilines is 3. The highest BCUT2D eigenvalue weighted by molar-refractivity contribution is 6.06. The van der Waals surface area contributed by atoms with Gasteiger partial charge in [-0.2, -0.15) is 4.98 Å². The largest absolute Gasteiger partial charge is 0.493 e. The minimum atomic E-state index is -0.452. The molecule has 0 aliphatic heterocycles. The van der Waals surface area contributed by atoms with Crippen LogP contribution in [0, 0.1) is 13.8 Å². The Morgan fingerprint density at radius 2 is 1.50 bits per heavy atom. The molecule has 0 fully saturated rings. The van der Waals surface area contributed by atoms with Crippen molar-refractivity contribution >= 4 is 35.0 Å². The number of aryl methyl sites for hydroxylation is 2. The second-order valence-electron chi connectivity index (χ2n) is 12.4. The van der Waals surface area contributed by atoms with E-state index in [2.05, 4.69) is 39.3 Å². The zero-order chi connectivity index (χ0) is 37.8. The van der Waals surface area contributed by atoms with Crippen LogP contribution in [0.15, 0.2) is 66.9 Å². The molecule has 3 amide bonds. The van der Waals surface area contributed by atoms with Gasteiger partial charge in [-0.05, 0) is 93.9 Å². The number of hydrogen-bond acceptors (Lipinski definition) is 9. The van der Waals surface area contributed by atoms with Crippen LogP contribution < -0.4 is 20.1 Å². The lowest BCUT2D eigenvalue weighted by atomic mass is 10.1. The lowest BCUT2D eigenvalue weighted by Gasteiger charge is -2.23. The van der Waals surface area contributed by atoms with Crippen molar-refractivity contribution in [2.75, 3.05) is 64.1 Å². The van der Waals surface area contributed by atoms with Crippen LogP contribution in [0.3, 0.4) is 0 Å². The molecule has 12 nitrogen and oxygen atoms in total. The molecule has 0 aliphatic rings. The molecule has 0 radical (unpaired) electrons. The van der Waals surface area contributed by atoms with Gasteiger partial charge in [0.2, 0.25) is 17.7 Å². The highest BCUT2D eigenvalue weighted by Gasteiger charge is 2.21. The van der Waals surface area contributed by atoms with Gasteiger partial charge in [-0.25, -0.2) is 4.98 Å². The molecule has 1 heterocycles. The highest BCUT2D eigenvalue weighted by Crippen LogP contribution is 2.34. The zero-order valence-electron chi connectivity index (χ0n) is 31.6. The van der Waals surface area contributed by atoms with Gasteiger partial charge in [-0.1, -0.05) is 38.1 Å². The maximum absolute atomic E-state index is 13.7. The predicted molar refractivity (Wildman–Crippen MR) is 205 cm³/mol. The minimum absolute atomic E-state index is 0.00636. The standard InChI is InChI=1S/C40H51N7O5/c1-9-46(10-2)23-22-45(7)39(50)30-17-19-31(20-18-30)42-40-41-26-32(37(49)43-36-27(5)14-13-15-28(36)6)38(44-40)52-33-21-16-29(24-34(33)51-8)25-35(48)47(11-3)12-4/h13-21,24,26H,9-12,22-23,25H2,1-8H3,(H,43,49)(H,41,42,44). The van der Waals surface area contributed by atoms with Crippen molar-refractivity contribution < 1.29 is 23.9 Å². The van der Waals surface area contributed by atoms with E-state index in [0.29, 0.717) is 48.1 Å². The first-order chi connectivity index (χ1) is 25.0.